The fourth-order valence-electron chi connectivity index (χ4n) is 0.700. The molecule has 13 heavy (non-hydrogen) atoms. The Kier molecular flexibility index (Phi) is 5.54. The van der Waals surface area contributed by atoms with Crippen molar-refractivity contribution in [2.45, 2.75) is 33.5 Å². The lowest BCUT2D eigenvalue weighted by molar-refractivity contribution is 0.122. The molecule has 0 aliphatic carbocycles. The third-order valence-corrected chi connectivity index (χ3v) is 2.01. The van der Waals surface area contributed by atoms with Gasteiger partial charge in [-0.05, 0) is 39.6 Å². The molecule has 0 aromatic heterocycles. The van der Waals surface area contributed by atoms with Gasteiger partial charge in [0.25, 0.3) is 5.95 Å². The molecule has 76 valence electrons. The van der Waals surface area contributed by atoms with E-state index in [1.54, 1.807) is 0 Å². The molecule has 0 bridgehead atoms. The first-order valence-corrected chi connectivity index (χ1v) is 7.99. The highest BCUT2D eigenvalue weighted by molar-refractivity contribution is 6.69. The van der Waals surface area contributed by atoms with Crippen LogP contribution in [-0.2, 0) is 9.16 Å². The maximum Gasteiger partial charge on any atom is 0.261 e. The molecule has 0 rings (SSSR count). The van der Waals surface area contributed by atoms with Crippen LogP contribution in [0.5, 0.6) is 0 Å². The second kappa shape index (κ2) is 5.86. The third-order valence-electron chi connectivity index (χ3n) is 1.20. The Morgan fingerprint density at radius 1 is 1.23 bits per heavy atom. The number of rotatable bonds is 5. The smallest absolute Gasteiger partial charge is 0.261 e. The minimum Gasteiger partial charge on any atom is -0.520 e. The van der Waals surface area contributed by atoms with Crippen molar-refractivity contribution in [1.29, 1.82) is 0 Å². The molecule has 0 atom stereocenters. The predicted molar refractivity (Wildman–Crippen MR) is 59.0 cm³/mol. The molecule has 0 saturated heterocycles. The van der Waals surface area contributed by atoms with Gasteiger partial charge in [-0.2, -0.15) is 0 Å². The van der Waals surface area contributed by atoms with Gasteiger partial charge in [0.2, 0.25) is 8.32 Å². The summed E-state index contributed by atoms with van der Waals surface area (Å²) in [6.45, 7) is 10.9. The average molecular weight is 200 g/mol. The van der Waals surface area contributed by atoms with Crippen molar-refractivity contribution in [2.24, 2.45) is 0 Å². The summed E-state index contributed by atoms with van der Waals surface area (Å²) >= 11 is 0. The van der Waals surface area contributed by atoms with E-state index in [9.17, 15) is 0 Å². The van der Waals surface area contributed by atoms with E-state index in [4.69, 9.17) is 9.16 Å². The standard InChI is InChI=1S/C10H20O2Si/c1-6-8-9-11-10(7-2)12-13(3,4)5/h6-8H,9H2,1-5H3/b8-6+,10-7-. The molecule has 0 radical (unpaired) electrons. The molecule has 0 unspecified atom stereocenters. The van der Waals surface area contributed by atoms with E-state index in [1.165, 1.54) is 0 Å². The average Bonchev–Trinajstić information content (AvgIpc) is 2.01. The molecular weight excluding hydrogens is 180 g/mol. The van der Waals surface area contributed by atoms with E-state index < -0.39 is 8.32 Å². The van der Waals surface area contributed by atoms with Gasteiger partial charge < -0.3 is 9.16 Å². The zero-order valence-electron chi connectivity index (χ0n) is 9.26. The highest BCUT2D eigenvalue weighted by Gasteiger charge is 2.17. The van der Waals surface area contributed by atoms with Gasteiger partial charge in [-0.25, -0.2) is 0 Å². The molecule has 0 aromatic rings. The second-order valence-electron chi connectivity index (χ2n) is 3.70. The lowest BCUT2D eigenvalue weighted by Crippen LogP contribution is -2.25. The summed E-state index contributed by atoms with van der Waals surface area (Å²) in [5.41, 5.74) is 0. The summed E-state index contributed by atoms with van der Waals surface area (Å²) in [5.74, 6) is 0.650. The Morgan fingerprint density at radius 2 is 1.85 bits per heavy atom. The molecule has 0 amide bonds. The van der Waals surface area contributed by atoms with Crippen LogP contribution in [0, 0.1) is 0 Å². The summed E-state index contributed by atoms with van der Waals surface area (Å²) in [4.78, 5) is 0. The molecule has 0 heterocycles. The van der Waals surface area contributed by atoms with E-state index in [1.807, 2.05) is 32.1 Å². The number of hydrogen-bond acceptors (Lipinski definition) is 2. The van der Waals surface area contributed by atoms with Crippen LogP contribution in [0.2, 0.25) is 19.6 Å². The summed E-state index contributed by atoms with van der Waals surface area (Å²) in [6, 6.07) is 0. The quantitative estimate of drug-likeness (QED) is 0.385. The Labute approximate surface area is 82.4 Å². The molecule has 0 aliphatic heterocycles. The van der Waals surface area contributed by atoms with Crippen molar-refractivity contribution in [3.05, 3.63) is 24.2 Å². The van der Waals surface area contributed by atoms with Crippen molar-refractivity contribution in [3.63, 3.8) is 0 Å². The predicted octanol–water partition coefficient (Wildman–Crippen LogP) is 3.29. The van der Waals surface area contributed by atoms with Crippen LogP contribution in [-0.4, -0.2) is 14.9 Å². The van der Waals surface area contributed by atoms with Crippen LogP contribution in [0.4, 0.5) is 0 Å². The van der Waals surface area contributed by atoms with Crippen molar-refractivity contribution >= 4 is 8.32 Å². The molecular formula is C10H20O2Si. The SMILES string of the molecule is C/C=C(/OC/C=C/C)O[Si](C)(C)C. The van der Waals surface area contributed by atoms with E-state index in [0.29, 0.717) is 12.6 Å². The fourth-order valence-corrected chi connectivity index (χ4v) is 1.48. The molecule has 0 N–H and O–H groups in total. The summed E-state index contributed by atoms with van der Waals surface area (Å²) < 4.78 is 11.1. The Hall–Kier alpha value is -0.703. The number of allylic oxidation sites excluding steroid dienone is 2. The largest absolute Gasteiger partial charge is 0.520 e. The molecule has 2 nitrogen and oxygen atoms in total. The van der Waals surface area contributed by atoms with Gasteiger partial charge in [0.1, 0.15) is 6.61 Å². The molecule has 0 fully saturated rings. The monoisotopic (exact) mass is 200 g/mol. The molecule has 0 spiro atoms. The molecule has 0 aromatic carbocycles. The first kappa shape index (κ1) is 12.3. The van der Waals surface area contributed by atoms with E-state index in [0.717, 1.165) is 0 Å². The lowest BCUT2D eigenvalue weighted by Gasteiger charge is -2.20. The Morgan fingerprint density at radius 3 is 2.23 bits per heavy atom. The Balaban J connectivity index is 3.92. The van der Waals surface area contributed by atoms with Gasteiger partial charge in [-0.1, -0.05) is 12.2 Å². The zero-order chi connectivity index (χ0) is 10.3. The maximum atomic E-state index is 5.68. The van der Waals surface area contributed by atoms with Crippen molar-refractivity contribution in [1.82, 2.24) is 0 Å². The summed E-state index contributed by atoms with van der Waals surface area (Å²) in [5, 5.41) is 0. The van der Waals surface area contributed by atoms with Gasteiger partial charge in [0.15, 0.2) is 0 Å². The first-order valence-electron chi connectivity index (χ1n) is 4.59. The molecule has 0 aliphatic rings. The third kappa shape index (κ3) is 7.65. The van der Waals surface area contributed by atoms with Crippen LogP contribution in [0.15, 0.2) is 24.2 Å². The van der Waals surface area contributed by atoms with Crippen LogP contribution in [0.3, 0.4) is 0 Å². The van der Waals surface area contributed by atoms with Gasteiger partial charge in [0.05, 0.1) is 0 Å². The van der Waals surface area contributed by atoms with Crippen LogP contribution >= 0.6 is 0 Å². The first-order chi connectivity index (χ1) is 5.99. The minimum atomic E-state index is -1.52. The van der Waals surface area contributed by atoms with Gasteiger partial charge in [-0.3, -0.25) is 0 Å². The van der Waals surface area contributed by atoms with E-state index in [-0.39, 0.29) is 0 Å². The summed E-state index contributed by atoms with van der Waals surface area (Å²) in [6.07, 6.45) is 5.78. The number of ether oxygens (including phenoxy) is 1. The lowest BCUT2D eigenvalue weighted by atomic mass is 10.5. The normalized spacial score (nSPS) is 13.5. The topological polar surface area (TPSA) is 18.5 Å². The minimum absolute atomic E-state index is 0.584. The van der Waals surface area contributed by atoms with Crippen LogP contribution in [0.1, 0.15) is 13.8 Å². The van der Waals surface area contributed by atoms with Gasteiger partial charge >= 0.3 is 0 Å². The van der Waals surface area contributed by atoms with Crippen molar-refractivity contribution in [2.75, 3.05) is 6.61 Å². The second-order valence-corrected chi connectivity index (χ2v) is 8.13. The summed E-state index contributed by atoms with van der Waals surface area (Å²) in [7, 11) is -1.52. The fraction of sp³-hybridized carbons (Fsp3) is 0.600. The zero-order valence-corrected chi connectivity index (χ0v) is 10.3. The van der Waals surface area contributed by atoms with Crippen molar-refractivity contribution < 1.29 is 9.16 Å². The van der Waals surface area contributed by atoms with Gasteiger partial charge in [0, 0.05) is 0 Å². The van der Waals surface area contributed by atoms with Crippen LogP contribution in [0.25, 0.3) is 0 Å². The molecule has 0 saturated carbocycles. The Bertz CT molecular complexity index is 190. The highest BCUT2D eigenvalue weighted by atomic mass is 28.4. The molecule has 3 heteroatoms. The van der Waals surface area contributed by atoms with E-state index in [2.05, 4.69) is 19.6 Å². The van der Waals surface area contributed by atoms with Gasteiger partial charge in [-0.15, -0.1) is 0 Å². The maximum absolute atomic E-state index is 5.68. The van der Waals surface area contributed by atoms with Crippen molar-refractivity contribution in [3.8, 4) is 0 Å². The number of hydrogen-bond donors (Lipinski definition) is 0. The highest BCUT2D eigenvalue weighted by Crippen LogP contribution is 2.11. The van der Waals surface area contributed by atoms with E-state index >= 15 is 0 Å². The van der Waals surface area contributed by atoms with Crippen LogP contribution < -0.4 is 0 Å².